The lowest BCUT2D eigenvalue weighted by atomic mass is 9.82. The van der Waals surface area contributed by atoms with Crippen molar-refractivity contribution in [1.29, 1.82) is 0 Å². The number of hydrogen-bond donors (Lipinski definition) is 2. The van der Waals surface area contributed by atoms with Crippen LogP contribution in [0.5, 0.6) is 0 Å². The second-order valence-corrected chi connectivity index (χ2v) is 5.25. The van der Waals surface area contributed by atoms with Crippen molar-refractivity contribution in [2.24, 2.45) is 0 Å². The molecule has 0 bridgehead atoms. The van der Waals surface area contributed by atoms with Gasteiger partial charge in [-0.25, -0.2) is 0 Å². The SMILES string of the molecule is O=[N+]([O-])c1ccc2ccc3cccc4c3c2c1C(O)C4O. The Morgan fingerprint density at radius 2 is 1.57 bits per heavy atom. The monoisotopic (exact) mass is 281 g/mol. The van der Waals surface area contributed by atoms with Crippen molar-refractivity contribution in [1.82, 2.24) is 0 Å². The molecular weight excluding hydrogens is 270 g/mol. The van der Waals surface area contributed by atoms with Gasteiger partial charge < -0.3 is 10.2 Å². The first-order valence-corrected chi connectivity index (χ1v) is 6.58. The van der Waals surface area contributed by atoms with E-state index in [1.165, 1.54) is 6.07 Å². The van der Waals surface area contributed by atoms with Gasteiger partial charge in [0, 0.05) is 11.5 Å². The van der Waals surface area contributed by atoms with Gasteiger partial charge in [-0.1, -0.05) is 30.3 Å². The fourth-order valence-corrected chi connectivity index (χ4v) is 3.27. The Labute approximate surface area is 119 Å². The van der Waals surface area contributed by atoms with Crippen molar-refractivity contribution >= 4 is 27.2 Å². The number of nitro groups is 1. The van der Waals surface area contributed by atoms with E-state index < -0.39 is 17.1 Å². The fraction of sp³-hybridized carbons (Fsp3) is 0.125. The van der Waals surface area contributed by atoms with E-state index in [1.54, 1.807) is 12.1 Å². The summed E-state index contributed by atoms with van der Waals surface area (Å²) >= 11 is 0. The molecule has 0 spiro atoms. The molecule has 0 radical (unpaired) electrons. The van der Waals surface area contributed by atoms with E-state index in [2.05, 4.69) is 0 Å². The van der Waals surface area contributed by atoms with Gasteiger partial charge in [0.2, 0.25) is 0 Å². The maximum Gasteiger partial charge on any atom is 0.275 e. The van der Waals surface area contributed by atoms with Crippen molar-refractivity contribution in [3.05, 3.63) is 63.7 Å². The predicted octanol–water partition coefficient (Wildman–Crippen LogP) is 2.98. The molecule has 0 aromatic heterocycles. The van der Waals surface area contributed by atoms with Crippen LogP contribution in [0.1, 0.15) is 23.3 Å². The van der Waals surface area contributed by atoms with Crippen LogP contribution in [-0.4, -0.2) is 15.1 Å². The second kappa shape index (κ2) is 4.00. The van der Waals surface area contributed by atoms with E-state index in [4.69, 9.17) is 0 Å². The van der Waals surface area contributed by atoms with Gasteiger partial charge in [-0.15, -0.1) is 0 Å². The third-order valence-corrected chi connectivity index (χ3v) is 4.19. The Hall–Kier alpha value is -2.50. The number of nitrogens with zero attached hydrogens (tertiary/aromatic N) is 1. The van der Waals surface area contributed by atoms with E-state index >= 15 is 0 Å². The molecule has 3 aromatic rings. The van der Waals surface area contributed by atoms with E-state index in [-0.39, 0.29) is 11.3 Å². The van der Waals surface area contributed by atoms with Gasteiger partial charge in [-0.05, 0) is 27.8 Å². The van der Waals surface area contributed by atoms with Crippen LogP contribution in [0.25, 0.3) is 21.5 Å². The van der Waals surface area contributed by atoms with Crippen LogP contribution >= 0.6 is 0 Å². The van der Waals surface area contributed by atoms with Gasteiger partial charge in [0.25, 0.3) is 5.69 Å². The molecule has 4 rings (SSSR count). The summed E-state index contributed by atoms with van der Waals surface area (Å²) in [6.07, 6.45) is -2.46. The van der Waals surface area contributed by atoms with Crippen LogP contribution < -0.4 is 0 Å². The van der Waals surface area contributed by atoms with Gasteiger partial charge in [-0.2, -0.15) is 0 Å². The molecule has 5 heteroatoms. The minimum atomic E-state index is -1.30. The average Bonchev–Trinajstić information content (AvgIpc) is 2.50. The molecule has 21 heavy (non-hydrogen) atoms. The summed E-state index contributed by atoms with van der Waals surface area (Å²) < 4.78 is 0. The number of hydrogen-bond acceptors (Lipinski definition) is 4. The van der Waals surface area contributed by atoms with Crippen LogP contribution in [0.15, 0.2) is 42.5 Å². The number of benzene rings is 3. The van der Waals surface area contributed by atoms with Crippen molar-refractivity contribution in [3.8, 4) is 0 Å². The lowest BCUT2D eigenvalue weighted by Crippen LogP contribution is -2.17. The largest absolute Gasteiger partial charge is 0.385 e. The molecule has 104 valence electrons. The van der Waals surface area contributed by atoms with E-state index in [1.807, 2.05) is 24.3 Å². The molecule has 3 aromatic carbocycles. The summed E-state index contributed by atoms with van der Waals surface area (Å²) in [5.41, 5.74) is 0.656. The summed E-state index contributed by atoms with van der Waals surface area (Å²) in [5, 5.41) is 35.1. The summed E-state index contributed by atoms with van der Waals surface area (Å²) in [7, 11) is 0. The quantitative estimate of drug-likeness (QED) is 0.408. The highest BCUT2D eigenvalue weighted by Gasteiger charge is 2.35. The third kappa shape index (κ3) is 1.47. The molecule has 0 amide bonds. The molecule has 2 unspecified atom stereocenters. The molecule has 2 atom stereocenters. The zero-order valence-electron chi connectivity index (χ0n) is 10.9. The molecule has 2 N–H and O–H groups in total. The Morgan fingerprint density at radius 3 is 2.29 bits per heavy atom. The van der Waals surface area contributed by atoms with E-state index in [0.29, 0.717) is 10.9 Å². The molecule has 0 saturated heterocycles. The van der Waals surface area contributed by atoms with Gasteiger partial charge in [0.1, 0.15) is 12.2 Å². The fourth-order valence-electron chi connectivity index (χ4n) is 3.27. The second-order valence-electron chi connectivity index (χ2n) is 5.25. The Morgan fingerprint density at radius 1 is 0.905 bits per heavy atom. The molecular formula is C16H11NO4. The van der Waals surface area contributed by atoms with Crippen LogP contribution in [0.3, 0.4) is 0 Å². The lowest BCUT2D eigenvalue weighted by molar-refractivity contribution is -0.386. The first kappa shape index (κ1) is 12.3. The summed E-state index contributed by atoms with van der Waals surface area (Å²) in [5.74, 6) is 0. The number of rotatable bonds is 1. The molecule has 1 aliphatic carbocycles. The number of aliphatic hydroxyl groups excluding tert-OH is 2. The van der Waals surface area contributed by atoms with Crippen molar-refractivity contribution in [3.63, 3.8) is 0 Å². The van der Waals surface area contributed by atoms with E-state index in [9.17, 15) is 20.3 Å². The first-order chi connectivity index (χ1) is 10.1. The van der Waals surface area contributed by atoms with Crippen molar-refractivity contribution in [2.45, 2.75) is 12.2 Å². The smallest absolute Gasteiger partial charge is 0.275 e. The maximum absolute atomic E-state index is 11.2. The normalized spacial score (nSPS) is 20.3. The lowest BCUT2D eigenvalue weighted by Gasteiger charge is -2.27. The number of aliphatic hydroxyl groups is 2. The minimum absolute atomic E-state index is 0.156. The Kier molecular flexibility index (Phi) is 2.34. The van der Waals surface area contributed by atoms with Gasteiger partial charge in [0.05, 0.1) is 10.5 Å². The highest BCUT2D eigenvalue weighted by molar-refractivity contribution is 6.13. The van der Waals surface area contributed by atoms with E-state index in [0.717, 1.165) is 16.2 Å². The molecule has 0 aliphatic heterocycles. The molecule has 0 heterocycles. The zero-order valence-corrected chi connectivity index (χ0v) is 10.9. The Balaban J connectivity index is 2.33. The van der Waals surface area contributed by atoms with Gasteiger partial charge >= 0.3 is 0 Å². The van der Waals surface area contributed by atoms with Crippen LogP contribution in [-0.2, 0) is 0 Å². The maximum atomic E-state index is 11.2. The van der Waals surface area contributed by atoms with Crippen LogP contribution in [0.4, 0.5) is 5.69 Å². The highest BCUT2D eigenvalue weighted by Crippen LogP contribution is 2.47. The first-order valence-electron chi connectivity index (χ1n) is 6.58. The summed E-state index contributed by atoms with van der Waals surface area (Å²) in [6.45, 7) is 0. The minimum Gasteiger partial charge on any atom is -0.385 e. The summed E-state index contributed by atoms with van der Waals surface area (Å²) in [6, 6.07) is 12.3. The zero-order chi connectivity index (χ0) is 14.7. The third-order valence-electron chi connectivity index (χ3n) is 4.19. The van der Waals surface area contributed by atoms with Crippen LogP contribution in [0, 0.1) is 10.1 Å². The highest BCUT2D eigenvalue weighted by atomic mass is 16.6. The van der Waals surface area contributed by atoms with Gasteiger partial charge in [0.15, 0.2) is 0 Å². The molecule has 5 nitrogen and oxygen atoms in total. The topological polar surface area (TPSA) is 83.6 Å². The molecule has 0 saturated carbocycles. The van der Waals surface area contributed by atoms with Crippen molar-refractivity contribution < 1.29 is 15.1 Å². The summed E-state index contributed by atoms with van der Waals surface area (Å²) in [4.78, 5) is 10.7. The molecule has 0 fully saturated rings. The number of nitro benzene ring substituents is 1. The van der Waals surface area contributed by atoms with Gasteiger partial charge in [-0.3, -0.25) is 10.1 Å². The Bertz CT molecular complexity index is 919. The molecule has 1 aliphatic rings. The predicted molar refractivity (Wildman–Crippen MR) is 78.0 cm³/mol. The average molecular weight is 281 g/mol. The van der Waals surface area contributed by atoms with Crippen molar-refractivity contribution in [2.75, 3.05) is 0 Å². The van der Waals surface area contributed by atoms with Crippen LogP contribution in [0.2, 0.25) is 0 Å². The standard InChI is InChI=1S/C16H11NO4/c18-15-10-3-1-2-8-4-5-9-6-7-11(17(20)21)14(16(15)19)13(9)12(8)10/h1-7,15-16,18-19H.